The summed E-state index contributed by atoms with van der Waals surface area (Å²) in [7, 11) is 0. The van der Waals surface area contributed by atoms with Crippen molar-refractivity contribution >= 4 is 39.3 Å². The van der Waals surface area contributed by atoms with Crippen LogP contribution in [0.15, 0.2) is 77.3 Å². The number of rotatable bonds is 10. The first-order valence-corrected chi connectivity index (χ1v) is 12.7. The number of carbonyl (C=O) groups excluding carboxylic acids is 2. The number of nitrogens with zero attached hydrogens (tertiary/aromatic N) is 1. The number of hydrogen-bond donors (Lipinski definition) is 1. The van der Waals surface area contributed by atoms with Crippen LogP contribution in [0.4, 0.5) is 0 Å². The summed E-state index contributed by atoms with van der Waals surface area (Å²) in [5.74, 6) is 0.114. The molecule has 0 aliphatic rings. The molecule has 0 radical (unpaired) electrons. The standard InChI is InChI=1S/C28H30BrClN2O3/c1-19(2)31-28(34)26(16-21-7-5-4-6-8-21)32(17-22-9-11-23(30)12-10-22)27(33)18-35-24-13-14-25(29)20(3)15-24/h4-15,19,26H,16-18H2,1-3H3,(H,31,34)/t26-/m1/s1. The van der Waals surface area contributed by atoms with E-state index < -0.39 is 6.04 Å². The normalized spacial score (nSPS) is 11.7. The van der Waals surface area contributed by atoms with Gasteiger partial charge in [0, 0.05) is 28.5 Å². The van der Waals surface area contributed by atoms with Crippen LogP contribution < -0.4 is 10.1 Å². The van der Waals surface area contributed by atoms with E-state index in [9.17, 15) is 9.59 Å². The lowest BCUT2D eigenvalue weighted by Crippen LogP contribution is -2.52. The van der Waals surface area contributed by atoms with Crippen LogP contribution in [-0.2, 0) is 22.6 Å². The van der Waals surface area contributed by atoms with Crippen molar-refractivity contribution in [3.63, 3.8) is 0 Å². The maximum Gasteiger partial charge on any atom is 0.261 e. The summed E-state index contributed by atoms with van der Waals surface area (Å²) in [5.41, 5.74) is 2.85. The molecule has 0 unspecified atom stereocenters. The number of benzene rings is 3. The number of carbonyl (C=O) groups is 2. The molecule has 0 saturated carbocycles. The maximum atomic E-state index is 13.5. The fourth-order valence-corrected chi connectivity index (χ4v) is 4.03. The van der Waals surface area contributed by atoms with Crippen molar-refractivity contribution in [3.05, 3.63) is 99.0 Å². The predicted octanol–water partition coefficient (Wildman–Crippen LogP) is 5.95. The number of amides is 2. The van der Waals surface area contributed by atoms with E-state index in [0.29, 0.717) is 17.2 Å². The van der Waals surface area contributed by atoms with Gasteiger partial charge in [0.15, 0.2) is 6.61 Å². The Morgan fingerprint density at radius 3 is 2.31 bits per heavy atom. The lowest BCUT2D eigenvalue weighted by Gasteiger charge is -2.32. The van der Waals surface area contributed by atoms with Crippen LogP contribution in [-0.4, -0.2) is 35.4 Å². The van der Waals surface area contributed by atoms with Crippen molar-refractivity contribution in [2.75, 3.05) is 6.61 Å². The number of hydrogen-bond acceptors (Lipinski definition) is 3. The van der Waals surface area contributed by atoms with Crippen molar-refractivity contribution in [2.45, 2.75) is 45.8 Å². The summed E-state index contributed by atoms with van der Waals surface area (Å²) in [5, 5.41) is 3.59. The van der Waals surface area contributed by atoms with Crippen LogP contribution in [0.5, 0.6) is 5.75 Å². The summed E-state index contributed by atoms with van der Waals surface area (Å²) in [6.07, 6.45) is 0.385. The number of halogens is 2. The van der Waals surface area contributed by atoms with Crippen LogP contribution in [0.3, 0.4) is 0 Å². The highest BCUT2D eigenvalue weighted by molar-refractivity contribution is 9.10. The van der Waals surface area contributed by atoms with E-state index in [1.54, 1.807) is 23.1 Å². The number of nitrogens with one attached hydrogen (secondary N) is 1. The molecule has 1 atom stereocenters. The Kier molecular flexibility index (Phi) is 9.75. The predicted molar refractivity (Wildman–Crippen MR) is 144 cm³/mol. The molecule has 2 amide bonds. The van der Waals surface area contributed by atoms with Gasteiger partial charge in [-0.2, -0.15) is 0 Å². The van der Waals surface area contributed by atoms with Gasteiger partial charge in [-0.1, -0.05) is 70.0 Å². The smallest absolute Gasteiger partial charge is 0.261 e. The van der Waals surface area contributed by atoms with E-state index in [1.165, 1.54) is 0 Å². The lowest BCUT2D eigenvalue weighted by molar-refractivity contribution is -0.143. The first-order valence-electron chi connectivity index (χ1n) is 11.5. The molecule has 1 N–H and O–H groups in total. The molecule has 0 aromatic heterocycles. The molecular formula is C28H30BrClN2O3. The highest BCUT2D eigenvalue weighted by Crippen LogP contribution is 2.22. The molecule has 7 heteroatoms. The molecule has 0 aliphatic carbocycles. The van der Waals surface area contributed by atoms with Gasteiger partial charge in [0.1, 0.15) is 11.8 Å². The second-order valence-electron chi connectivity index (χ2n) is 8.72. The molecule has 0 saturated heterocycles. The number of aryl methyl sites for hydroxylation is 1. The molecule has 0 bridgehead atoms. The van der Waals surface area contributed by atoms with Crippen LogP contribution in [0.2, 0.25) is 5.02 Å². The van der Waals surface area contributed by atoms with E-state index in [0.717, 1.165) is 21.2 Å². The average Bonchev–Trinajstić information content (AvgIpc) is 2.83. The SMILES string of the molecule is Cc1cc(OCC(=O)N(Cc2ccc(Cl)cc2)[C@H](Cc2ccccc2)C(=O)NC(C)C)ccc1Br. The minimum absolute atomic E-state index is 0.0600. The van der Waals surface area contributed by atoms with Crippen LogP contribution in [0.1, 0.15) is 30.5 Å². The van der Waals surface area contributed by atoms with Gasteiger partial charge in [-0.3, -0.25) is 9.59 Å². The first-order chi connectivity index (χ1) is 16.7. The van der Waals surface area contributed by atoms with Crippen molar-refractivity contribution < 1.29 is 14.3 Å². The third kappa shape index (κ3) is 8.11. The van der Waals surface area contributed by atoms with Crippen LogP contribution in [0.25, 0.3) is 0 Å². The molecule has 3 rings (SSSR count). The fourth-order valence-electron chi connectivity index (χ4n) is 3.66. The second-order valence-corrected chi connectivity index (χ2v) is 10.0. The monoisotopic (exact) mass is 556 g/mol. The Bertz CT molecular complexity index is 1140. The third-order valence-electron chi connectivity index (χ3n) is 5.46. The van der Waals surface area contributed by atoms with E-state index in [2.05, 4.69) is 21.2 Å². The van der Waals surface area contributed by atoms with Gasteiger partial charge in [0.2, 0.25) is 5.91 Å². The van der Waals surface area contributed by atoms with Crippen LogP contribution in [0, 0.1) is 6.92 Å². The summed E-state index contributed by atoms with van der Waals surface area (Å²) in [4.78, 5) is 28.5. The summed E-state index contributed by atoms with van der Waals surface area (Å²) >= 11 is 9.54. The minimum Gasteiger partial charge on any atom is -0.484 e. The van der Waals surface area contributed by atoms with Gasteiger partial charge in [-0.05, 0) is 67.8 Å². The first kappa shape index (κ1) is 26.8. The zero-order chi connectivity index (χ0) is 25.4. The van der Waals surface area contributed by atoms with Gasteiger partial charge in [0.05, 0.1) is 0 Å². The van der Waals surface area contributed by atoms with E-state index >= 15 is 0 Å². The Balaban J connectivity index is 1.90. The van der Waals surface area contributed by atoms with Gasteiger partial charge >= 0.3 is 0 Å². The molecule has 5 nitrogen and oxygen atoms in total. The quantitative estimate of drug-likeness (QED) is 0.335. The van der Waals surface area contributed by atoms with Crippen molar-refractivity contribution in [3.8, 4) is 5.75 Å². The van der Waals surface area contributed by atoms with Gasteiger partial charge in [-0.25, -0.2) is 0 Å². The molecule has 0 spiro atoms. The average molecular weight is 558 g/mol. The van der Waals surface area contributed by atoms with Gasteiger partial charge in [0.25, 0.3) is 5.91 Å². The minimum atomic E-state index is -0.710. The zero-order valence-corrected chi connectivity index (χ0v) is 22.5. The molecule has 0 aliphatic heterocycles. The summed E-state index contributed by atoms with van der Waals surface area (Å²) in [6.45, 7) is 5.83. The highest BCUT2D eigenvalue weighted by atomic mass is 79.9. The van der Waals surface area contributed by atoms with Crippen LogP contribution >= 0.6 is 27.5 Å². The fraction of sp³-hybridized carbons (Fsp3) is 0.286. The largest absolute Gasteiger partial charge is 0.484 e. The Morgan fingerprint density at radius 1 is 1.00 bits per heavy atom. The maximum absolute atomic E-state index is 13.5. The highest BCUT2D eigenvalue weighted by Gasteiger charge is 2.31. The molecule has 3 aromatic carbocycles. The molecule has 184 valence electrons. The Morgan fingerprint density at radius 2 is 1.69 bits per heavy atom. The second kappa shape index (κ2) is 12.8. The lowest BCUT2D eigenvalue weighted by atomic mass is 10.0. The molecule has 3 aromatic rings. The van der Waals surface area contributed by atoms with Crippen molar-refractivity contribution in [1.29, 1.82) is 0 Å². The van der Waals surface area contributed by atoms with Crippen molar-refractivity contribution in [2.24, 2.45) is 0 Å². The van der Waals surface area contributed by atoms with Gasteiger partial charge in [-0.15, -0.1) is 0 Å². The summed E-state index contributed by atoms with van der Waals surface area (Å²) in [6, 6.07) is 21.8. The van der Waals surface area contributed by atoms with Gasteiger partial charge < -0.3 is 15.0 Å². The topological polar surface area (TPSA) is 58.6 Å². The molecular weight excluding hydrogens is 528 g/mol. The molecule has 0 heterocycles. The van der Waals surface area contributed by atoms with E-state index in [1.807, 2.05) is 75.4 Å². The van der Waals surface area contributed by atoms with E-state index in [4.69, 9.17) is 16.3 Å². The van der Waals surface area contributed by atoms with Crippen molar-refractivity contribution in [1.82, 2.24) is 10.2 Å². The third-order valence-corrected chi connectivity index (χ3v) is 6.60. The zero-order valence-electron chi connectivity index (χ0n) is 20.1. The Labute approximate surface area is 220 Å². The molecule has 0 fully saturated rings. The molecule has 35 heavy (non-hydrogen) atoms. The number of ether oxygens (including phenoxy) is 1. The van der Waals surface area contributed by atoms with E-state index in [-0.39, 0.29) is 31.0 Å². The summed E-state index contributed by atoms with van der Waals surface area (Å²) < 4.78 is 6.80. The Hall–Kier alpha value is -2.83.